The van der Waals surface area contributed by atoms with Gasteiger partial charge >= 0.3 is 11.9 Å². The Hall–Kier alpha value is -9.08. The zero-order chi connectivity index (χ0) is 70.6. The highest BCUT2D eigenvalue weighted by atomic mass is 16.5. The van der Waals surface area contributed by atoms with Crippen molar-refractivity contribution in [1.29, 1.82) is 0 Å². The van der Waals surface area contributed by atoms with Crippen molar-refractivity contribution in [1.82, 2.24) is 35.1 Å². The predicted octanol–water partition coefficient (Wildman–Crippen LogP) is 8.35. The van der Waals surface area contributed by atoms with E-state index in [1.165, 1.54) is 72.7 Å². The van der Waals surface area contributed by atoms with Crippen LogP contribution in [0.1, 0.15) is 156 Å². The number of aryl methyl sites for hydroxylation is 1. The van der Waals surface area contributed by atoms with Crippen LogP contribution in [0.3, 0.4) is 0 Å². The Morgan fingerprint density at radius 2 is 1.34 bits per heavy atom. The van der Waals surface area contributed by atoms with Crippen LogP contribution in [-0.4, -0.2) is 188 Å². The number of methoxy groups -OCH3 is 2. The average molecular weight is 1350 g/mol. The van der Waals surface area contributed by atoms with Crippen LogP contribution in [0.2, 0.25) is 0 Å². The molecule has 8 rings (SSSR count). The molecule has 98 heavy (non-hydrogen) atoms. The van der Waals surface area contributed by atoms with Crippen molar-refractivity contribution in [2.75, 3.05) is 68.2 Å². The zero-order valence-corrected chi connectivity index (χ0v) is 58.4. The number of rotatable bonds is 13. The molecular formula is C76H99N7O15. The van der Waals surface area contributed by atoms with Gasteiger partial charge in [-0.15, -0.1) is 0 Å². The first kappa shape index (κ1) is 74.7. The molecule has 22 nitrogen and oxygen atoms in total. The maximum atomic E-state index is 15.4. The summed E-state index contributed by atoms with van der Waals surface area (Å²) in [6.07, 6.45) is 10.6. The largest absolute Gasteiger partial charge is 0.493 e. The Labute approximate surface area is 576 Å². The number of Topliss-reactive ketones (excluding diaryl/α,β-unsaturated/α-hetero) is 1. The average Bonchev–Trinajstić information content (AvgIpc) is 1.21. The first-order chi connectivity index (χ1) is 47.0. The molecule has 3 fully saturated rings. The smallest absolute Gasteiger partial charge is 0.330 e. The molecule has 2 saturated heterocycles. The van der Waals surface area contributed by atoms with E-state index in [9.17, 15) is 33.6 Å². The lowest BCUT2D eigenvalue weighted by molar-refractivity contribution is -0.165. The minimum absolute atomic E-state index is 0.0385. The number of likely N-dealkylation sites (N-methyl/N-ethyl adjacent to an activating group) is 3. The van der Waals surface area contributed by atoms with Crippen LogP contribution in [0.4, 0.5) is 0 Å². The third kappa shape index (κ3) is 20.0. The molecule has 0 aromatic heterocycles. The summed E-state index contributed by atoms with van der Waals surface area (Å²) in [6.45, 7) is 6.41. The van der Waals surface area contributed by atoms with Gasteiger partial charge in [0.05, 0.1) is 19.6 Å². The van der Waals surface area contributed by atoms with E-state index in [0.717, 1.165) is 43.2 Å². The van der Waals surface area contributed by atoms with Crippen LogP contribution in [0.25, 0.3) is 0 Å². The Morgan fingerprint density at radius 3 is 2.05 bits per heavy atom. The number of carbonyl (C=O) groups excluding carboxylic acids is 10. The van der Waals surface area contributed by atoms with Gasteiger partial charge in [-0.25, -0.2) is 9.59 Å². The van der Waals surface area contributed by atoms with Gasteiger partial charge in [-0.1, -0.05) is 99.8 Å². The van der Waals surface area contributed by atoms with E-state index in [-0.39, 0.29) is 87.7 Å². The number of cyclic esters (lactones) is 2. The van der Waals surface area contributed by atoms with E-state index in [2.05, 4.69) is 10.6 Å². The molecule has 7 amide bonds. The van der Waals surface area contributed by atoms with Gasteiger partial charge in [0.2, 0.25) is 29.4 Å². The van der Waals surface area contributed by atoms with Gasteiger partial charge in [0.25, 0.3) is 17.7 Å². The summed E-state index contributed by atoms with van der Waals surface area (Å²) in [4.78, 5) is 151. The van der Waals surface area contributed by atoms with Crippen molar-refractivity contribution < 1.29 is 71.6 Å². The number of esters is 2. The van der Waals surface area contributed by atoms with Crippen molar-refractivity contribution in [3.63, 3.8) is 0 Å². The predicted molar refractivity (Wildman–Crippen MR) is 368 cm³/mol. The summed E-state index contributed by atoms with van der Waals surface area (Å²) >= 11 is 0. The molecule has 22 heteroatoms. The Bertz CT molecular complexity index is 3480. The molecular weight excluding hydrogens is 1250 g/mol. The topological polar surface area (TPSA) is 257 Å². The number of carbonyl (C=O) groups is 10. The number of hydrogen-bond donors (Lipinski definition) is 2. The van der Waals surface area contributed by atoms with Crippen LogP contribution >= 0.6 is 0 Å². The zero-order valence-electron chi connectivity index (χ0n) is 58.4. The number of nitrogens with zero attached hydrogens (tertiary/aromatic N) is 5. The highest BCUT2D eigenvalue weighted by Gasteiger charge is 2.44. The highest BCUT2D eigenvalue weighted by molar-refractivity contribution is 6.38. The molecule has 1 saturated carbocycles. The fraction of sp³-hybridized carbons (Fsp3) is 0.526. The lowest BCUT2D eigenvalue weighted by atomic mass is 9.87. The van der Waals surface area contributed by atoms with Gasteiger partial charge in [-0.3, -0.25) is 38.4 Å². The number of ether oxygens (including phenoxy) is 5. The number of allylic oxidation sites excluding steroid dienone is 1. The van der Waals surface area contributed by atoms with Crippen molar-refractivity contribution in [3.8, 4) is 17.2 Å². The Kier molecular flexibility index (Phi) is 27.0. The Balaban J connectivity index is 1.10. The number of piperidine rings is 1. The molecule has 2 N–H and O–H groups in total. The number of ketones is 1. The van der Waals surface area contributed by atoms with Crippen molar-refractivity contribution >= 4 is 59.1 Å². The molecule has 3 heterocycles. The summed E-state index contributed by atoms with van der Waals surface area (Å²) in [5.41, 5.74) is 1.69. The second-order valence-electron chi connectivity index (χ2n) is 27.4. The molecule has 4 aromatic rings. The maximum absolute atomic E-state index is 15.4. The number of benzene rings is 4. The quantitative estimate of drug-likeness (QED) is 0.0942. The third-order valence-electron chi connectivity index (χ3n) is 19.2. The second-order valence-corrected chi connectivity index (χ2v) is 27.4. The van der Waals surface area contributed by atoms with Crippen LogP contribution in [0, 0.1) is 11.3 Å². The molecule has 4 aromatic carbocycles. The standard InChI is InChI=1S/C76H99N7O15/c1-50(2)43-61-73(91)82-42-22-30-59(82)70(88)78-58(44-52-32-36-54(37-33-52)69(87)77-56-26-15-11-16-27-56)71(89)81(7)62(45-51-23-13-10-14-24-51)72(90)79(5)40-19-12-17-31-67(85)97-49-76(3,4)68(86)74(92)83-41-20-18-29-60(83)75(93)98-63(38-34-53-35-39-64(94-8)65(46-53)95-9)55-25-21-28-57(47-55)96-48-66(84)80(61)6/h10,13-14,17,21,23-25,28,31-33,35-37,39,46-47,50,56,58-63H,11-12,15-16,18-20,22,26-27,29-30,34,38,40-45,48-49H2,1-9H3,(H,77,87)(H,78,88)/t58-,59-,60+,61+,62-,63-/m1/s1. The molecule has 1 aliphatic carbocycles. The number of fused-ring (bicyclic) bond motifs is 4. The van der Waals surface area contributed by atoms with Gasteiger partial charge in [-0.05, 0) is 155 Å². The summed E-state index contributed by atoms with van der Waals surface area (Å²) in [6, 6.07) is 22.9. The van der Waals surface area contributed by atoms with Gasteiger partial charge in [0, 0.05) is 71.3 Å². The minimum atomic E-state index is -1.50. The van der Waals surface area contributed by atoms with Crippen molar-refractivity contribution in [2.24, 2.45) is 11.3 Å². The highest BCUT2D eigenvalue weighted by Crippen LogP contribution is 2.34. The molecule has 528 valence electrons. The van der Waals surface area contributed by atoms with Crippen LogP contribution in [0.15, 0.2) is 109 Å². The lowest BCUT2D eigenvalue weighted by Crippen LogP contribution is -2.59. The molecule has 2 bridgehead atoms. The van der Waals surface area contributed by atoms with Gasteiger partial charge in [-0.2, -0.15) is 0 Å². The fourth-order valence-electron chi connectivity index (χ4n) is 13.3. The molecule has 0 unspecified atom stereocenters. The van der Waals surface area contributed by atoms with E-state index in [4.69, 9.17) is 23.7 Å². The van der Waals surface area contributed by atoms with E-state index in [1.807, 2.05) is 56.3 Å². The summed E-state index contributed by atoms with van der Waals surface area (Å²) in [5, 5.41) is 6.18. The normalized spacial score (nSPS) is 23.0. The van der Waals surface area contributed by atoms with Gasteiger partial charge in [0.15, 0.2) is 18.1 Å². The Morgan fingerprint density at radius 1 is 0.653 bits per heavy atom. The van der Waals surface area contributed by atoms with Gasteiger partial charge < -0.3 is 58.8 Å². The van der Waals surface area contributed by atoms with Crippen molar-refractivity contribution in [3.05, 3.63) is 137 Å². The molecule has 3 aliphatic heterocycles. The fourth-order valence-corrected chi connectivity index (χ4v) is 13.3. The monoisotopic (exact) mass is 1350 g/mol. The van der Waals surface area contributed by atoms with E-state index in [1.54, 1.807) is 67.7 Å². The molecule has 6 atom stereocenters. The summed E-state index contributed by atoms with van der Waals surface area (Å²) < 4.78 is 29.2. The molecule has 4 aliphatic rings. The first-order valence-electron chi connectivity index (χ1n) is 34.6. The molecule has 0 spiro atoms. The minimum Gasteiger partial charge on any atom is -0.493 e. The molecule has 0 radical (unpaired) electrons. The van der Waals surface area contributed by atoms with E-state index >= 15 is 14.4 Å². The summed E-state index contributed by atoms with van der Waals surface area (Å²) in [7, 11) is 7.75. The third-order valence-corrected chi connectivity index (χ3v) is 19.2. The summed E-state index contributed by atoms with van der Waals surface area (Å²) in [5.74, 6) is -4.82. The van der Waals surface area contributed by atoms with E-state index in [0.29, 0.717) is 66.7 Å². The van der Waals surface area contributed by atoms with Crippen LogP contribution in [-0.2, 0) is 71.9 Å². The lowest BCUT2D eigenvalue weighted by Gasteiger charge is -2.36. The SMILES string of the molecule is COc1ccc(CC[C@H]2OC(=O)[C@@H]3CCCCN3C(=O)C(=O)C(C)(C)COC(=O)C=CCCCN(C)C(=O)[C@@H](Cc3ccccc3)N(C)C(=O)[C@@H](Cc3ccc(C(=O)NC4CCCCC4)cc3)NC(=O)[C@H]3CCCN3C(=O)[C@H](CC(C)C)N(C)C(=O)COc3cccc2c3)cc1OC. The van der Waals surface area contributed by atoms with Crippen LogP contribution in [0.5, 0.6) is 17.2 Å². The number of nitrogens with one attached hydrogen (secondary N) is 2. The number of amides is 7. The second kappa shape index (κ2) is 35.4. The van der Waals surface area contributed by atoms with Crippen LogP contribution < -0.4 is 24.8 Å². The maximum Gasteiger partial charge on any atom is 0.330 e. The van der Waals surface area contributed by atoms with Crippen molar-refractivity contribution in [2.45, 2.75) is 179 Å². The van der Waals surface area contributed by atoms with E-state index < -0.39 is 102 Å². The van der Waals surface area contributed by atoms with Gasteiger partial charge in [0.1, 0.15) is 48.7 Å². The number of hydrogen-bond acceptors (Lipinski definition) is 15. The first-order valence-corrected chi connectivity index (χ1v) is 34.6.